The molecule has 0 bridgehead atoms. The molecule has 0 spiro atoms. The molecule has 1 unspecified atom stereocenters. The molecular formula is C20H23ClN8O. The number of carbonyl (C=O) groups is 1. The van der Waals surface area contributed by atoms with Crippen LogP contribution in [0.15, 0.2) is 41.5 Å². The number of guanidine groups is 1. The van der Waals surface area contributed by atoms with Gasteiger partial charge in [0.25, 0.3) is 0 Å². The molecule has 10 heteroatoms. The summed E-state index contributed by atoms with van der Waals surface area (Å²) in [7, 11) is 0. The lowest BCUT2D eigenvalue weighted by atomic mass is 10.00. The summed E-state index contributed by atoms with van der Waals surface area (Å²) in [5.41, 5.74) is 6.37. The molecular weight excluding hydrogens is 404 g/mol. The predicted octanol–water partition coefficient (Wildman–Crippen LogP) is 2.32. The van der Waals surface area contributed by atoms with Crippen molar-refractivity contribution < 1.29 is 4.79 Å². The minimum Gasteiger partial charge on any atom is -0.366 e. The first-order valence-electron chi connectivity index (χ1n) is 9.53. The number of nitriles is 1. The second kappa shape index (κ2) is 9.41. The zero-order chi connectivity index (χ0) is 21.7. The summed E-state index contributed by atoms with van der Waals surface area (Å²) in [6.07, 6.45) is 3.51. The van der Waals surface area contributed by atoms with Crippen molar-refractivity contribution in [2.45, 2.75) is 19.9 Å². The first kappa shape index (κ1) is 21.3. The lowest BCUT2D eigenvalue weighted by Crippen LogP contribution is -2.59. The van der Waals surface area contributed by atoms with E-state index in [9.17, 15) is 10.1 Å². The number of hydrogen-bond acceptors (Lipinski definition) is 6. The molecule has 1 aliphatic rings. The Bertz CT molecular complexity index is 987. The highest BCUT2D eigenvalue weighted by Crippen LogP contribution is 2.22. The number of amides is 1. The van der Waals surface area contributed by atoms with Crippen LogP contribution >= 0.6 is 11.6 Å². The Morgan fingerprint density at radius 1 is 1.40 bits per heavy atom. The SMILES string of the molecule is CC(C)C1CN(c2nccc(Cl)n2)CCN1/C(=N\C#N)Nc1cccc(C(N)=O)c1. The summed E-state index contributed by atoms with van der Waals surface area (Å²) < 4.78 is 0. The highest BCUT2D eigenvalue weighted by atomic mass is 35.5. The third-order valence-electron chi connectivity index (χ3n) is 4.91. The molecule has 1 aromatic heterocycles. The van der Waals surface area contributed by atoms with Gasteiger partial charge in [-0.3, -0.25) is 4.79 Å². The number of anilines is 2. The van der Waals surface area contributed by atoms with Gasteiger partial charge < -0.3 is 20.9 Å². The van der Waals surface area contributed by atoms with E-state index in [2.05, 4.69) is 43.9 Å². The molecule has 1 saturated heterocycles. The third kappa shape index (κ3) is 4.96. The minimum atomic E-state index is -0.521. The molecule has 156 valence electrons. The molecule has 1 atom stereocenters. The largest absolute Gasteiger partial charge is 0.366 e. The van der Waals surface area contributed by atoms with Gasteiger partial charge in [-0.05, 0) is 30.2 Å². The van der Waals surface area contributed by atoms with Crippen LogP contribution in [0.3, 0.4) is 0 Å². The second-order valence-electron chi connectivity index (χ2n) is 7.24. The van der Waals surface area contributed by atoms with Crippen LogP contribution in [-0.2, 0) is 0 Å². The third-order valence-corrected chi connectivity index (χ3v) is 5.12. The number of nitrogens with one attached hydrogen (secondary N) is 1. The van der Waals surface area contributed by atoms with E-state index in [-0.39, 0.29) is 12.0 Å². The van der Waals surface area contributed by atoms with Gasteiger partial charge in [0.1, 0.15) is 5.15 Å². The lowest BCUT2D eigenvalue weighted by Gasteiger charge is -2.44. The van der Waals surface area contributed by atoms with Crippen LogP contribution < -0.4 is 16.0 Å². The van der Waals surface area contributed by atoms with Crippen LogP contribution in [-0.4, -0.2) is 52.4 Å². The van der Waals surface area contributed by atoms with Gasteiger partial charge in [-0.25, -0.2) is 9.97 Å². The molecule has 1 aliphatic heterocycles. The van der Waals surface area contributed by atoms with Crippen LogP contribution in [0.2, 0.25) is 5.15 Å². The van der Waals surface area contributed by atoms with Crippen LogP contribution in [0.1, 0.15) is 24.2 Å². The van der Waals surface area contributed by atoms with E-state index < -0.39 is 5.91 Å². The number of hydrogen-bond donors (Lipinski definition) is 2. The number of piperazine rings is 1. The molecule has 1 amide bonds. The number of aromatic nitrogens is 2. The summed E-state index contributed by atoms with van der Waals surface area (Å²) >= 11 is 6.02. The quantitative estimate of drug-likeness (QED) is 0.332. The average Bonchev–Trinajstić information content (AvgIpc) is 2.73. The van der Waals surface area contributed by atoms with Crippen molar-refractivity contribution in [1.29, 1.82) is 5.26 Å². The topological polar surface area (TPSA) is 124 Å². The Balaban J connectivity index is 1.84. The molecule has 1 aromatic carbocycles. The highest BCUT2D eigenvalue weighted by Gasteiger charge is 2.32. The first-order valence-corrected chi connectivity index (χ1v) is 9.90. The zero-order valence-corrected chi connectivity index (χ0v) is 17.5. The molecule has 0 radical (unpaired) electrons. The van der Waals surface area contributed by atoms with Gasteiger partial charge in [-0.15, -0.1) is 4.99 Å². The van der Waals surface area contributed by atoms with E-state index in [4.69, 9.17) is 17.3 Å². The van der Waals surface area contributed by atoms with Crippen LogP contribution in [0.4, 0.5) is 11.6 Å². The maximum atomic E-state index is 11.5. The van der Waals surface area contributed by atoms with Gasteiger partial charge in [0.15, 0.2) is 0 Å². The van der Waals surface area contributed by atoms with E-state index in [1.165, 1.54) is 0 Å². The molecule has 0 aliphatic carbocycles. The van der Waals surface area contributed by atoms with E-state index in [1.54, 1.807) is 36.5 Å². The van der Waals surface area contributed by atoms with Gasteiger partial charge in [0.2, 0.25) is 24.0 Å². The summed E-state index contributed by atoms with van der Waals surface area (Å²) in [6.45, 7) is 6.10. The van der Waals surface area contributed by atoms with E-state index in [1.807, 2.05) is 6.19 Å². The molecule has 2 heterocycles. The van der Waals surface area contributed by atoms with Crippen molar-refractivity contribution in [3.05, 3.63) is 47.2 Å². The number of nitrogens with zero attached hydrogens (tertiary/aromatic N) is 6. The Hall–Kier alpha value is -3.38. The molecule has 9 nitrogen and oxygen atoms in total. The maximum absolute atomic E-state index is 11.5. The summed E-state index contributed by atoms with van der Waals surface area (Å²) in [5.74, 6) is 0.736. The lowest BCUT2D eigenvalue weighted by molar-refractivity contribution is 0.100. The Morgan fingerprint density at radius 3 is 2.87 bits per heavy atom. The molecule has 0 saturated carbocycles. The fourth-order valence-corrected chi connectivity index (χ4v) is 3.53. The predicted molar refractivity (Wildman–Crippen MR) is 116 cm³/mol. The Morgan fingerprint density at radius 2 is 2.20 bits per heavy atom. The number of nitrogens with two attached hydrogens (primary N) is 1. The van der Waals surface area contributed by atoms with Gasteiger partial charge in [-0.2, -0.15) is 5.26 Å². The number of benzene rings is 1. The number of halogens is 1. The van der Waals surface area contributed by atoms with Crippen LogP contribution in [0, 0.1) is 17.4 Å². The molecule has 3 N–H and O–H groups in total. The fourth-order valence-electron chi connectivity index (χ4n) is 3.40. The van der Waals surface area contributed by atoms with Gasteiger partial charge in [0.05, 0.1) is 6.04 Å². The molecule has 3 rings (SSSR count). The smallest absolute Gasteiger partial charge is 0.248 e. The average molecular weight is 427 g/mol. The normalized spacial score (nSPS) is 17.0. The second-order valence-corrected chi connectivity index (χ2v) is 7.62. The standard InChI is InChI=1S/C20H23ClN8O/c1-13(2)16-11-28(19-24-7-6-17(21)27-19)8-9-29(16)20(25-12-22)26-15-5-3-4-14(10-15)18(23)30/h3-7,10,13,16H,8-9,11H2,1-2H3,(H2,23,30)(H,25,26). The highest BCUT2D eigenvalue weighted by molar-refractivity contribution is 6.29. The van der Waals surface area contributed by atoms with Crippen molar-refractivity contribution in [2.75, 3.05) is 29.9 Å². The summed E-state index contributed by atoms with van der Waals surface area (Å²) in [5, 5.41) is 12.8. The first-order chi connectivity index (χ1) is 14.4. The zero-order valence-electron chi connectivity index (χ0n) is 16.8. The summed E-state index contributed by atoms with van der Waals surface area (Å²) in [4.78, 5) is 28.3. The van der Waals surface area contributed by atoms with E-state index >= 15 is 0 Å². The van der Waals surface area contributed by atoms with Crippen molar-refractivity contribution in [3.8, 4) is 6.19 Å². The van der Waals surface area contributed by atoms with Crippen molar-refractivity contribution >= 4 is 35.1 Å². The fraction of sp³-hybridized carbons (Fsp3) is 0.350. The van der Waals surface area contributed by atoms with E-state index in [0.29, 0.717) is 47.9 Å². The van der Waals surface area contributed by atoms with Crippen molar-refractivity contribution in [3.63, 3.8) is 0 Å². The Labute approximate surface area is 180 Å². The van der Waals surface area contributed by atoms with E-state index in [0.717, 1.165) is 0 Å². The van der Waals surface area contributed by atoms with Crippen LogP contribution in [0.5, 0.6) is 0 Å². The number of carbonyl (C=O) groups excluding carboxylic acids is 1. The number of primary amides is 1. The number of aliphatic imine (C=N–C) groups is 1. The summed E-state index contributed by atoms with van der Waals surface area (Å²) in [6, 6.07) is 8.47. The van der Waals surface area contributed by atoms with Gasteiger partial charge in [0, 0.05) is 37.1 Å². The molecule has 1 fully saturated rings. The molecule has 2 aromatic rings. The number of rotatable bonds is 4. The van der Waals surface area contributed by atoms with Gasteiger partial charge in [-0.1, -0.05) is 31.5 Å². The monoisotopic (exact) mass is 426 g/mol. The minimum absolute atomic E-state index is 0.0419. The molecule has 30 heavy (non-hydrogen) atoms. The Kier molecular flexibility index (Phi) is 6.69. The van der Waals surface area contributed by atoms with Gasteiger partial charge >= 0.3 is 0 Å². The van der Waals surface area contributed by atoms with Crippen molar-refractivity contribution in [1.82, 2.24) is 14.9 Å². The van der Waals surface area contributed by atoms with Crippen molar-refractivity contribution in [2.24, 2.45) is 16.6 Å². The maximum Gasteiger partial charge on any atom is 0.248 e. The van der Waals surface area contributed by atoms with Crippen LogP contribution in [0.25, 0.3) is 0 Å².